The maximum atomic E-state index is 10.9. The summed E-state index contributed by atoms with van der Waals surface area (Å²) in [4.78, 5) is 12.2. The number of rotatable bonds is 4. The van der Waals surface area contributed by atoms with E-state index in [1.165, 1.54) is 4.88 Å². The highest BCUT2D eigenvalue weighted by molar-refractivity contribution is 7.10. The molecule has 1 aromatic rings. The zero-order chi connectivity index (χ0) is 9.68. The Morgan fingerprint density at radius 3 is 2.92 bits per heavy atom. The molecule has 3 heteroatoms. The summed E-state index contributed by atoms with van der Waals surface area (Å²) >= 11 is 1.70. The van der Waals surface area contributed by atoms with E-state index in [1.807, 2.05) is 11.4 Å². The monoisotopic (exact) mass is 197 g/mol. The molecule has 2 nitrogen and oxygen atoms in total. The van der Waals surface area contributed by atoms with Gasteiger partial charge < -0.3 is 5.32 Å². The lowest BCUT2D eigenvalue weighted by Gasteiger charge is -2.14. The smallest absolute Gasteiger partial charge is 0.217 e. The van der Waals surface area contributed by atoms with Crippen LogP contribution in [0.25, 0.3) is 0 Å². The Balaban J connectivity index is 2.62. The van der Waals surface area contributed by atoms with Gasteiger partial charge in [0.1, 0.15) is 0 Å². The number of carbonyl (C=O) groups is 1. The molecule has 0 aliphatic rings. The van der Waals surface area contributed by atoms with Gasteiger partial charge in [0.15, 0.2) is 0 Å². The number of amides is 1. The maximum absolute atomic E-state index is 10.9. The second-order valence-corrected chi connectivity index (χ2v) is 4.04. The van der Waals surface area contributed by atoms with Crippen LogP contribution in [0.15, 0.2) is 17.5 Å². The normalized spacial score (nSPS) is 12.5. The van der Waals surface area contributed by atoms with Gasteiger partial charge in [-0.15, -0.1) is 11.3 Å². The molecule has 0 aromatic carbocycles. The Hall–Kier alpha value is -0.830. The summed E-state index contributed by atoms with van der Waals surface area (Å²) in [5.74, 6) is 0.0480. The number of thiophene rings is 1. The van der Waals surface area contributed by atoms with Crippen LogP contribution in [0.2, 0.25) is 0 Å². The minimum Gasteiger partial charge on any atom is -0.349 e. The summed E-state index contributed by atoms with van der Waals surface area (Å²) in [6.07, 6.45) is 2.10. The van der Waals surface area contributed by atoms with Crippen LogP contribution in [0.5, 0.6) is 0 Å². The lowest BCUT2D eigenvalue weighted by molar-refractivity contribution is -0.119. The molecule has 1 atom stereocenters. The largest absolute Gasteiger partial charge is 0.349 e. The minimum atomic E-state index is 0.0480. The van der Waals surface area contributed by atoms with E-state index in [-0.39, 0.29) is 11.9 Å². The lowest BCUT2D eigenvalue weighted by Crippen LogP contribution is -2.25. The number of hydrogen-bond acceptors (Lipinski definition) is 2. The van der Waals surface area contributed by atoms with E-state index in [4.69, 9.17) is 0 Å². The third-order valence-corrected chi connectivity index (χ3v) is 2.83. The van der Waals surface area contributed by atoms with Gasteiger partial charge in [0, 0.05) is 11.8 Å². The Morgan fingerprint density at radius 2 is 2.46 bits per heavy atom. The van der Waals surface area contributed by atoms with Crippen molar-refractivity contribution in [1.29, 1.82) is 0 Å². The number of hydrogen-bond donors (Lipinski definition) is 1. The maximum Gasteiger partial charge on any atom is 0.217 e. The van der Waals surface area contributed by atoms with Crippen LogP contribution in [0, 0.1) is 0 Å². The zero-order valence-corrected chi connectivity index (χ0v) is 8.86. The zero-order valence-electron chi connectivity index (χ0n) is 8.04. The lowest BCUT2D eigenvalue weighted by atomic mass is 10.1. The molecule has 13 heavy (non-hydrogen) atoms. The predicted octanol–water partition coefficient (Wildman–Crippen LogP) is 2.73. The van der Waals surface area contributed by atoms with Crippen molar-refractivity contribution in [1.82, 2.24) is 5.32 Å². The number of carbonyl (C=O) groups excluding carboxylic acids is 1. The highest BCUT2D eigenvalue weighted by Crippen LogP contribution is 2.22. The molecule has 0 aliphatic carbocycles. The van der Waals surface area contributed by atoms with Crippen LogP contribution in [0.1, 0.15) is 37.6 Å². The second-order valence-electron chi connectivity index (χ2n) is 3.06. The summed E-state index contributed by atoms with van der Waals surface area (Å²) < 4.78 is 0. The van der Waals surface area contributed by atoms with Gasteiger partial charge in [-0.3, -0.25) is 4.79 Å². The molecule has 72 valence electrons. The average Bonchev–Trinajstić information content (AvgIpc) is 2.54. The van der Waals surface area contributed by atoms with E-state index in [2.05, 4.69) is 18.3 Å². The summed E-state index contributed by atoms with van der Waals surface area (Å²) in [5.41, 5.74) is 0. The molecule has 1 rings (SSSR count). The first-order chi connectivity index (χ1) is 6.24. The molecule has 0 aliphatic heterocycles. The van der Waals surface area contributed by atoms with Gasteiger partial charge in [0.05, 0.1) is 6.04 Å². The molecule has 0 radical (unpaired) electrons. The Bertz CT molecular complexity index is 256. The molecular weight excluding hydrogens is 182 g/mol. The third-order valence-electron chi connectivity index (χ3n) is 1.84. The fourth-order valence-corrected chi connectivity index (χ4v) is 2.12. The van der Waals surface area contributed by atoms with Crippen LogP contribution in [0.4, 0.5) is 0 Å². The summed E-state index contributed by atoms with van der Waals surface area (Å²) in [6, 6.07) is 4.30. The third kappa shape index (κ3) is 3.19. The molecule has 0 fully saturated rings. The fraction of sp³-hybridized carbons (Fsp3) is 0.500. The minimum absolute atomic E-state index is 0.0480. The molecule has 1 aromatic heterocycles. The summed E-state index contributed by atoms with van der Waals surface area (Å²) in [7, 11) is 0. The van der Waals surface area contributed by atoms with Crippen molar-refractivity contribution in [2.24, 2.45) is 0 Å². The standard InChI is InChI=1S/C10H15NOS/c1-3-5-9(11-8(2)12)10-6-4-7-13-10/h4,6-7,9H,3,5H2,1-2H3,(H,11,12). The molecule has 0 bridgehead atoms. The first kappa shape index (κ1) is 10.3. The fourth-order valence-electron chi connectivity index (χ4n) is 1.31. The van der Waals surface area contributed by atoms with Gasteiger partial charge in [-0.2, -0.15) is 0 Å². The number of nitrogens with one attached hydrogen (secondary N) is 1. The predicted molar refractivity (Wildman–Crippen MR) is 55.8 cm³/mol. The van der Waals surface area contributed by atoms with E-state index < -0.39 is 0 Å². The summed E-state index contributed by atoms with van der Waals surface area (Å²) in [6.45, 7) is 3.69. The van der Waals surface area contributed by atoms with Gasteiger partial charge in [-0.05, 0) is 17.9 Å². The molecule has 1 unspecified atom stereocenters. The average molecular weight is 197 g/mol. The van der Waals surface area contributed by atoms with Gasteiger partial charge >= 0.3 is 0 Å². The molecule has 0 saturated carbocycles. The molecule has 0 saturated heterocycles. The van der Waals surface area contributed by atoms with Crippen LogP contribution >= 0.6 is 11.3 Å². The van der Waals surface area contributed by atoms with Crippen molar-refractivity contribution in [2.75, 3.05) is 0 Å². The Labute approximate surface area is 83.0 Å². The van der Waals surface area contributed by atoms with Crippen molar-refractivity contribution in [3.05, 3.63) is 22.4 Å². The van der Waals surface area contributed by atoms with Crippen molar-refractivity contribution < 1.29 is 4.79 Å². The first-order valence-corrected chi connectivity index (χ1v) is 5.42. The van der Waals surface area contributed by atoms with E-state index in [0.717, 1.165) is 12.8 Å². The Kier molecular flexibility index (Phi) is 3.96. The van der Waals surface area contributed by atoms with Crippen molar-refractivity contribution in [3.63, 3.8) is 0 Å². The van der Waals surface area contributed by atoms with E-state index >= 15 is 0 Å². The van der Waals surface area contributed by atoms with E-state index in [1.54, 1.807) is 18.3 Å². The van der Waals surface area contributed by atoms with Gasteiger partial charge in [-0.1, -0.05) is 19.4 Å². The van der Waals surface area contributed by atoms with Gasteiger partial charge in [0.2, 0.25) is 5.91 Å². The molecular formula is C10H15NOS. The molecule has 1 N–H and O–H groups in total. The molecule has 1 amide bonds. The van der Waals surface area contributed by atoms with Crippen LogP contribution in [-0.2, 0) is 4.79 Å². The van der Waals surface area contributed by atoms with E-state index in [9.17, 15) is 4.79 Å². The van der Waals surface area contributed by atoms with Crippen LogP contribution < -0.4 is 5.32 Å². The van der Waals surface area contributed by atoms with Crippen LogP contribution in [-0.4, -0.2) is 5.91 Å². The van der Waals surface area contributed by atoms with E-state index in [0.29, 0.717) is 0 Å². The molecule has 0 spiro atoms. The van der Waals surface area contributed by atoms with Crippen molar-refractivity contribution in [3.8, 4) is 0 Å². The highest BCUT2D eigenvalue weighted by atomic mass is 32.1. The van der Waals surface area contributed by atoms with Gasteiger partial charge in [0.25, 0.3) is 0 Å². The Morgan fingerprint density at radius 1 is 1.69 bits per heavy atom. The molecule has 1 heterocycles. The van der Waals surface area contributed by atoms with Gasteiger partial charge in [-0.25, -0.2) is 0 Å². The van der Waals surface area contributed by atoms with Crippen LogP contribution in [0.3, 0.4) is 0 Å². The SMILES string of the molecule is CCCC(NC(C)=O)c1cccs1. The topological polar surface area (TPSA) is 29.1 Å². The van der Waals surface area contributed by atoms with Crippen molar-refractivity contribution >= 4 is 17.2 Å². The highest BCUT2D eigenvalue weighted by Gasteiger charge is 2.11. The summed E-state index contributed by atoms with van der Waals surface area (Å²) in [5, 5.41) is 5.00. The second kappa shape index (κ2) is 5.02. The quantitative estimate of drug-likeness (QED) is 0.790. The first-order valence-electron chi connectivity index (χ1n) is 4.54. The van der Waals surface area contributed by atoms with Crippen molar-refractivity contribution in [2.45, 2.75) is 32.7 Å².